The van der Waals surface area contributed by atoms with Gasteiger partial charge in [0.15, 0.2) is 23.0 Å². The molecule has 0 radical (unpaired) electrons. The second-order valence-electron chi connectivity index (χ2n) is 12.8. The van der Waals surface area contributed by atoms with Crippen molar-refractivity contribution in [3.05, 3.63) is 140 Å². The summed E-state index contributed by atoms with van der Waals surface area (Å²) in [6, 6.07) is 50.2. The fourth-order valence-corrected chi connectivity index (χ4v) is 8.73. The van der Waals surface area contributed by atoms with E-state index in [9.17, 15) is 0 Å². The maximum absolute atomic E-state index is 6.58. The third-order valence-electron chi connectivity index (χ3n) is 10.5. The summed E-state index contributed by atoms with van der Waals surface area (Å²) in [4.78, 5) is 0. The lowest BCUT2D eigenvalue weighted by Crippen LogP contribution is -2.56. The molecule has 0 aliphatic carbocycles. The molecule has 230 valence electrons. The molecule has 0 saturated carbocycles. The van der Waals surface area contributed by atoms with Gasteiger partial charge in [-0.3, -0.25) is 8.97 Å². The van der Waals surface area contributed by atoms with Gasteiger partial charge in [-0.1, -0.05) is 122 Å². The standard InChI is InChI=1S/C42H23BN2O2.C2H6/c1-2-11-25(12-3-1)43-29-21-20-24-10-8-16-31-38(24)41(29)45(33-23-37-36(22-30(33)43)46-34-18-6-7-19-35(34)47-37)42-40-28-14-5-4-13-26(28)27-15-9-17-32(39(27)40)44(31)42;1-2/h1-23H;1-2H3. The van der Waals surface area contributed by atoms with Crippen molar-refractivity contribution in [1.29, 1.82) is 0 Å². The van der Waals surface area contributed by atoms with Crippen molar-refractivity contribution in [3.8, 4) is 28.7 Å². The topological polar surface area (TPSA) is 27.8 Å². The molecule has 0 amide bonds. The van der Waals surface area contributed by atoms with E-state index in [0.717, 1.165) is 28.7 Å². The maximum atomic E-state index is 6.58. The van der Waals surface area contributed by atoms with E-state index in [2.05, 4.69) is 124 Å². The van der Waals surface area contributed by atoms with Crippen molar-refractivity contribution in [1.82, 2.24) is 8.97 Å². The normalized spacial score (nSPS) is 13.0. The van der Waals surface area contributed by atoms with E-state index >= 15 is 0 Å². The molecule has 0 bridgehead atoms. The van der Waals surface area contributed by atoms with Gasteiger partial charge >= 0.3 is 0 Å². The summed E-state index contributed by atoms with van der Waals surface area (Å²) in [5.41, 5.74) is 9.72. The summed E-state index contributed by atoms with van der Waals surface area (Å²) in [5, 5.41) is 8.97. The molecule has 0 saturated heterocycles. The Hall–Kier alpha value is -6.20. The Morgan fingerprint density at radius 1 is 0.490 bits per heavy atom. The van der Waals surface area contributed by atoms with Crippen LogP contribution in [0.3, 0.4) is 0 Å². The molecule has 0 unspecified atom stereocenters. The van der Waals surface area contributed by atoms with Gasteiger partial charge in [-0.25, -0.2) is 0 Å². The maximum Gasteiger partial charge on any atom is 0.246 e. The number of rotatable bonds is 1. The monoisotopic (exact) mass is 628 g/mol. The molecule has 12 rings (SSSR count). The number of ether oxygens (including phenoxy) is 2. The van der Waals surface area contributed by atoms with Gasteiger partial charge < -0.3 is 9.47 Å². The molecule has 2 aromatic heterocycles. The van der Waals surface area contributed by atoms with Crippen LogP contribution in [0.25, 0.3) is 65.6 Å². The van der Waals surface area contributed by atoms with Crippen LogP contribution in [0, 0.1) is 0 Å². The van der Waals surface area contributed by atoms with Crippen LogP contribution in [0.2, 0.25) is 0 Å². The zero-order valence-electron chi connectivity index (χ0n) is 27.1. The van der Waals surface area contributed by atoms with E-state index in [-0.39, 0.29) is 6.71 Å². The zero-order chi connectivity index (χ0) is 32.4. The Balaban J connectivity index is 0.00000143. The van der Waals surface area contributed by atoms with Crippen molar-refractivity contribution in [2.24, 2.45) is 0 Å². The third-order valence-corrected chi connectivity index (χ3v) is 10.5. The van der Waals surface area contributed by atoms with Gasteiger partial charge in [-0.2, -0.15) is 0 Å². The van der Waals surface area contributed by atoms with E-state index in [1.54, 1.807) is 0 Å². The van der Waals surface area contributed by atoms with Gasteiger partial charge in [0.1, 0.15) is 5.65 Å². The number of para-hydroxylation sites is 2. The van der Waals surface area contributed by atoms with Crippen molar-refractivity contribution in [3.63, 3.8) is 0 Å². The highest BCUT2D eigenvalue weighted by molar-refractivity contribution is 6.98. The van der Waals surface area contributed by atoms with Gasteiger partial charge in [-0.05, 0) is 62.8 Å². The Kier molecular flexibility index (Phi) is 5.30. The summed E-state index contributed by atoms with van der Waals surface area (Å²) >= 11 is 0. The highest BCUT2D eigenvalue weighted by Gasteiger charge is 2.37. The van der Waals surface area contributed by atoms with Crippen LogP contribution in [0.4, 0.5) is 0 Å². The van der Waals surface area contributed by atoms with Crippen LogP contribution in [-0.2, 0) is 0 Å². The van der Waals surface area contributed by atoms with E-state index < -0.39 is 0 Å². The van der Waals surface area contributed by atoms with Crippen molar-refractivity contribution in [2.45, 2.75) is 13.8 Å². The SMILES string of the molecule is CC.c1ccc(B2c3cc4c(cc3-n3c5c2ccc2cccc(c25)n2c5cccc6c7ccccc7c(c65)c32)Oc2ccccc2O4)cc1. The summed E-state index contributed by atoms with van der Waals surface area (Å²) < 4.78 is 18.1. The fourth-order valence-electron chi connectivity index (χ4n) is 8.73. The van der Waals surface area contributed by atoms with Crippen molar-refractivity contribution < 1.29 is 9.47 Å². The Morgan fingerprint density at radius 2 is 1.12 bits per heavy atom. The minimum atomic E-state index is 0.00771. The van der Waals surface area contributed by atoms with Crippen LogP contribution < -0.4 is 25.9 Å². The lowest BCUT2D eigenvalue weighted by Gasteiger charge is -2.32. The first-order valence-electron chi connectivity index (χ1n) is 17.1. The third kappa shape index (κ3) is 3.34. The van der Waals surface area contributed by atoms with Crippen LogP contribution in [0.15, 0.2) is 140 Å². The molecule has 2 aliphatic heterocycles. The average Bonchev–Trinajstić information content (AvgIpc) is 3.69. The largest absolute Gasteiger partial charge is 0.450 e. The number of aromatic nitrogens is 2. The molecule has 10 aromatic rings. The molecule has 0 N–H and O–H groups in total. The second kappa shape index (κ2) is 9.68. The number of hydrogen-bond acceptors (Lipinski definition) is 2. The molecule has 0 spiro atoms. The molecule has 8 aromatic carbocycles. The quantitative estimate of drug-likeness (QED) is 0.169. The summed E-state index contributed by atoms with van der Waals surface area (Å²) in [6.45, 7) is 4.01. The molecule has 2 aliphatic rings. The molecule has 0 atom stereocenters. The molecule has 4 heterocycles. The van der Waals surface area contributed by atoms with Crippen LogP contribution in [-0.4, -0.2) is 15.7 Å². The number of nitrogens with zero attached hydrogens (tertiary/aromatic N) is 2. The van der Waals surface area contributed by atoms with Crippen LogP contribution in [0.1, 0.15) is 13.8 Å². The van der Waals surface area contributed by atoms with E-state index in [1.165, 1.54) is 76.3 Å². The first-order valence-corrected chi connectivity index (χ1v) is 17.1. The van der Waals surface area contributed by atoms with Gasteiger partial charge in [0.05, 0.1) is 16.6 Å². The molecular formula is C44H29BN2O2. The predicted molar refractivity (Wildman–Crippen MR) is 204 cm³/mol. The smallest absolute Gasteiger partial charge is 0.246 e. The highest BCUT2D eigenvalue weighted by Crippen LogP contribution is 2.48. The van der Waals surface area contributed by atoms with Crippen molar-refractivity contribution >= 4 is 83.0 Å². The highest BCUT2D eigenvalue weighted by atomic mass is 16.6. The first kappa shape index (κ1) is 26.8. The zero-order valence-corrected chi connectivity index (χ0v) is 27.1. The first-order chi connectivity index (χ1) is 24.3. The predicted octanol–water partition coefficient (Wildman–Crippen LogP) is 9.69. The van der Waals surface area contributed by atoms with Gasteiger partial charge in [0, 0.05) is 27.9 Å². The molecule has 4 nitrogen and oxygen atoms in total. The minimum absolute atomic E-state index is 0.00771. The Labute approximate surface area is 282 Å². The molecule has 5 heteroatoms. The minimum Gasteiger partial charge on any atom is -0.450 e. The number of fused-ring (bicyclic) bond motifs is 12. The second-order valence-corrected chi connectivity index (χ2v) is 12.8. The molecular weight excluding hydrogens is 599 g/mol. The van der Waals surface area contributed by atoms with Gasteiger partial charge in [0.2, 0.25) is 6.71 Å². The van der Waals surface area contributed by atoms with E-state index in [4.69, 9.17) is 9.47 Å². The lowest BCUT2D eigenvalue weighted by molar-refractivity contribution is 0.360. The lowest BCUT2D eigenvalue weighted by atomic mass is 9.35. The Bertz CT molecular complexity index is 2970. The number of benzene rings is 7. The van der Waals surface area contributed by atoms with Crippen LogP contribution >= 0.6 is 0 Å². The summed E-state index contributed by atoms with van der Waals surface area (Å²) in [7, 11) is 0. The van der Waals surface area contributed by atoms with Crippen LogP contribution in [0.5, 0.6) is 23.0 Å². The van der Waals surface area contributed by atoms with E-state index in [0.29, 0.717) is 0 Å². The summed E-state index contributed by atoms with van der Waals surface area (Å²) in [6.07, 6.45) is 0. The van der Waals surface area contributed by atoms with Gasteiger partial charge in [0.25, 0.3) is 0 Å². The van der Waals surface area contributed by atoms with Crippen molar-refractivity contribution in [2.75, 3.05) is 0 Å². The number of hydrogen-bond donors (Lipinski definition) is 0. The molecule has 0 fully saturated rings. The molecule has 49 heavy (non-hydrogen) atoms. The summed E-state index contributed by atoms with van der Waals surface area (Å²) in [5.74, 6) is 2.93. The van der Waals surface area contributed by atoms with E-state index in [1.807, 2.05) is 38.1 Å². The fraction of sp³-hybridized carbons (Fsp3) is 0.0455. The average molecular weight is 629 g/mol. The Morgan fingerprint density at radius 3 is 1.92 bits per heavy atom. The van der Waals surface area contributed by atoms with Gasteiger partial charge in [-0.15, -0.1) is 0 Å².